The van der Waals surface area contributed by atoms with Crippen molar-refractivity contribution in [1.82, 2.24) is 19.7 Å². The molecule has 2 aromatic heterocycles. The van der Waals surface area contributed by atoms with Gasteiger partial charge >= 0.3 is 0 Å². The average molecular weight is 426 g/mol. The summed E-state index contributed by atoms with van der Waals surface area (Å²) in [7, 11) is 1.76. The Morgan fingerprint density at radius 2 is 2.03 bits per heavy atom. The number of H-pyrrole nitrogens is 1. The number of hydrogen-bond acceptors (Lipinski definition) is 5. The average Bonchev–Trinajstić information content (AvgIpc) is 2.99. The van der Waals surface area contributed by atoms with Gasteiger partial charge in [-0.1, -0.05) is 12.1 Å². The van der Waals surface area contributed by atoms with E-state index in [2.05, 4.69) is 26.4 Å². The van der Waals surface area contributed by atoms with E-state index in [9.17, 15) is 9.59 Å². The molecule has 3 aromatic rings. The Morgan fingerprint density at radius 1 is 1.27 bits per heavy atom. The van der Waals surface area contributed by atoms with Crippen molar-refractivity contribution in [2.45, 2.75) is 26.8 Å². The molecule has 1 aliphatic rings. The van der Waals surface area contributed by atoms with Crippen LogP contribution in [0, 0.1) is 13.8 Å². The fourth-order valence-electron chi connectivity index (χ4n) is 4.04. The van der Waals surface area contributed by atoms with Crippen LogP contribution in [0.5, 0.6) is 0 Å². The standard InChI is InChI=1S/C22H27N5O2S/c1-14-18(15(2)23-21-20(14)22(29)25-26(21)3)12-19(28)24-17-6-4-5-16(11-17)13-27-7-9-30-10-8-27/h4-6,11H,7-10,12-13H2,1-3H3,(H,24,28)(H,25,29). The molecule has 1 fully saturated rings. The molecule has 0 radical (unpaired) electrons. The van der Waals surface area contributed by atoms with Gasteiger partial charge in [-0.15, -0.1) is 0 Å². The molecule has 0 unspecified atom stereocenters. The number of fused-ring (bicyclic) bond motifs is 1. The van der Waals surface area contributed by atoms with Crippen LogP contribution in [0.4, 0.5) is 5.69 Å². The van der Waals surface area contributed by atoms with E-state index < -0.39 is 0 Å². The highest BCUT2D eigenvalue weighted by atomic mass is 32.2. The first kappa shape index (κ1) is 20.7. The Hall–Kier alpha value is -2.58. The lowest BCUT2D eigenvalue weighted by Crippen LogP contribution is -2.31. The molecule has 0 bridgehead atoms. The van der Waals surface area contributed by atoms with E-state index in [4.69, 9.17) is 0 Å². The molecule has 8 heteroatoms. The third-order valence-electron chi connectivity index (χ3n) is 5.63. The van der Waals surface area contributed by atoms with Crippen molar-refractivity contribution in [3.63, 3.8) is 0 Å². The molecule has 4 rings (SSSR count). The maximum atomic E-state index is 12.8. The predicted octanol–water partition coefficient (Wildman–Crippen LogP) is 2.61. The number of benzene rings is 1. The molecule has 1 saturated heterocycles. The maximum absolute atomic E-state index is 12.8. The number of aryl methyl sites for hydroxylation is 3. The van der Waals surface area contributed by atoms with E-state index in [0.717, 1.165) is 42.1 Å². The number of pyridine rings is 1. The summed E-state index contributed by atoms with van der Waals surface area (Å²) < 4.78 is 1.62. The third-order valence-corrected chi connectivity index (χ3v) is 6.58. The van der Waals surface area contributed by atoms with Gasteiger partial charge in [0.25, 0.3) is 5.56 Å². The van der Waals surface area contributed by atoms with Crippen LogP contribution in [-0.4, -0.2) is 50.2 Å². The summed E-state index contributed by atoms with van der Waals surface area (Å²) in [6.07, 6.45) is 0.183. The van der Waals surface area contributed by atoms with E-state index in [1.165, 1.54) is 17.1 Å². The molecule has 2 N–H and O–H groups in total. The summed E-state index contributed by atoms with van der Waals surface area (Å²) >= 11 is 2.00. The van der Waals surface area contributed by atoms with Gasteiger partial charge in [-0.2, -0.15) is 11.8 Å². The topological polar surface area (TPSA) is 83.0 Å². The van der Waals surface area contributed by atoms with E-state index in [1.54, 1.807) is 11.7 Å². The van der Waals surface area contributed by atoms with Crippen LogP contribution in [-0.2, 0) is 24.8 Å². The predicted molar refractivity (Wildman–Crippen MR) is 122 cm³/mol. The summed E-state index contributed by atoms with van der Waals surface area (Å²) in [5.74, 6) is 2.25. The summed E-state index contributed by atoms with van der Waals surface area (Å²) in [6.45, 7) is 6.87. The Balaban J connectivity index is 1.49. The van der Waals surface area contributed by atoms with E-state index in [1.807, 2.05) is 43.8 Å². The number of nitrogens with one attached hydrogen (secondary N) is 2. The molecular weight excluding hydrogens is 398 g/mol. The number of carbonyl (C=O) groups excluding carboxylic acids is 1. The first-order chi connectivity index (χ1) is 14.4. The number of thioether (sulfide) groups is 1. The monoisotopic (exact) mass is 425 g/mol. The zero-order valence-corrected chi connectivity index (χ0v) is 18.4. The molecule has 158 valence electrons. The van der Waals surface area contributed by atoms with Crippen molar-refractivity contribution in [2.75, 3.05) is 29.9 Å². The third kappa shape index (κ3) is 4.29. The van der Waals surface area contributed by atoms with Crippen molar-refractivity contribution < 1.29 is 4.79 Å². The second-order valence-electron chi connectivity index (χ2n) is 7.81. The number of amides is 1. The van der Waals surface area contributed by atoms with E-state index >= 15 is 0 Å². The van der Waals surface area contributed by atoms with Crippen LogP contribution in [0.2, 0.25) is 0 Å². The number of anilines is 1. The maximum Gasteiger partial charge on any atom is 0.273 e. The summed E-state index contributed by atoms with van der Waals surface area (Å²) in [5, 5.41) is 6.29. The van der Waals surface area contributed by atoms with Gasteiger partial charge in [-0.05, 0) is 42.7 Å². The Morgan fingerprint density at radius 3 is 2.80 bits per heavy atom. The van der Waals surface area contributed by atoms with Gasteiger partial charge < -0.3 is 5.32 Å². The number of aromatic amines is 1. The van der Waals surface area contributed by atoms with Gasteiger partial charge in [0.2, 0.25) is 5.91 Å². The SMILES string of the molecule is Cc1nc2c(c(C)c1CC(=O)Nc1cccc(CN3CCSCC3)c1)c(=O)[nH]n2C. The number of hydrogen-bond donors (Lipinski definition) is 2. The lowest BCUT2D eigenvalue weighted by atomic mass is 10.0. The molecule has 7 nitrogen and oxygen atoms in total. The van der Waals surface area contributed by atoms with Crippen LogP contribution < -0.4 is 10.9 Å². The van der Waals surface area contributed by atoms with Crippen LogP contribution in [0.3, 0.4) is 0 Å². The Labute approximate surface area is 179 Å². The minimum Gasteiger partial charge on any atom is -0.326 e. The highest BCUT2D eigenvalue weighted by Gasteiger charge is 2.18. The minimum atomic E-state index is -0.178. The fraction of sp³-hybridized carbons (Fsp3) is 0.409. The smallest absolute Gasteiger partial charge is 0.273 e. The molecule has 30 heavy (non-hydrogen) atoms. The molecule has 3 heterocycles. The Kier molecular flexibility index (Phi) is 5.97. The lowest BCUT2D eigenvalue weighted by Gasteiger charge is -2.26. The van der Waals surface area contributed by atoms with Crippen molar-refractivity contribution in [2.24, 2.45) is 7.05 Å². The van der Waals surface area contributed by atoms with Gasteiger partial charge in [-0.3, -0.25) is 24.3 Å². The first-order valence-corrected chi connectivity index (χ1v) is 11.3. The van der Waals surface area contributed by atoms with E-state index in [-0.39, 0.29) is 17.9 Å². The second kappa shape index (κ2) is 8.65. The van der Waals surface area contributed by atoms with Gasteiger partial charge in [0.1, 0.15) is 0 Å². The molecule has 1 amide bonds. The highest BCUT2D eigenvalue weighted by molar-refractivity contribution is 7.99. The minimum absolute atomic E-state index is 0.110. The van der Waals surface area contributed by atoms with Crippen molar-refractivity contribution in [3.05, 3.63) is 57.0 Å². The first-order valence-electron chi connectivity index (χ1n) is 10.2. The zero-order valence-electron chi connectivity index (χ0n) is 17.6. The Bertz CT molecular complexity index is 1140. The van der Waals surface area contributed by atoms with Crippen LogP contribution in [0.15, 0.2) is 29.1 Å². The van der Waals surface area contributed by atoms with E-state index in [0.29, 0.717) is 11.0 Å². The number of aromatic nitrogens is 3. The molecule has 1 aliphatic heterocycles. The van der Waals surface area contributed by atoms with Crippen LogP contribution in [0.1, 0.15) is 22.4 Å². The van der Waals surface area contributed by atoms with Gasteiger partial charge in [0.15, 0.2) is 5.65 Å². The summed E-state index contributed by atoms with van der Waals surface area (Å²) in [5.41, 5.74) is 4.81. The molecule has 0 spiro atoms. The lowest BCUT2D eigenvalue weighted by molar-refractivity contribution is -0.115. The highest BCUT2D eigenvalue weighted by Crippen LogP contribution is 2.21. The van der Waals surface area contributed by atoms with Crippen molar-refractivity contribution >= 4 is 34.4 Å². The van der Waals surface area contributed by atoms with Crippen molar-refractivity contribution in [1.29, 1.82) is 0 Å². The largest absolute Gasteiger partial charge is 0.326 e. The van der Waals surface area contributed by atoms with Gasteiger partial charge in [0.05, 0.1) is 11.8 Å². The summed E-state index contributed by atoms with van der Waals surface area (Å²) in [6, 6.07) is 8.04. The number of carbonyl (C=O) groups is 1. The molecule has 0 aliphatic carbocycles. The molecular formula is C22H27N5O2S. The number of rotatable bonds is 5. The number of nitrogens with zero attached hydrogens (tertiary/aromatic N) is 3. The fourth-order valence-corrected chi connectivity index (χ4v) is 5.02. The quantitative estimate of drug-likeness (QED) is 0.657. The molecule has 0 saturated carbocycles. The molecule has 1 aromatic carbocycles. The van der Waals surface area contributed by atoms with Crippen molar-refractivity contribution in [3.8, 4) is 0 Å². The van der Waals surface area contributed by atoms with Gasteiger partial charge in [0, 0.05) is 49.6 Å². The van der Waals surface area contributed by atoms with Crippen LogP contribution >= 0.6 is 11.8 Å². The summed E-state index contributed by atoms with van der Waals surface area (Å²) in [4.78, 5) is 32.0. The normalized spacial score (nSPS) is 14.9. The van der Waals surface area contributed by atoms with Gasteiger partial charge in [-0.25, -0.2) is 4.98 Å². The second-order valence-corrected chi connectivity index (χ2v) is 9.04. The molecule has 0 atom stereocenters. The zero-order chi connectivity index (χ0) is 21.3. The van der Waals surface area contributed by atoms with Crippen LogP contribution in [0.25, 0.3) is 11.0 Å².